The Labute approximate surface area is 81.6 Å². The van der Waals surface area contributed by atoms with Crippen LogP contribution in [0.1, 0.15) is 6.42 Å². The number of rotatable bonds is 3. The Morgan fingerprint density at radius 2 is 2.09 bits per heavy atom. The van der Waals surface area contributed by atoms with Crippen molar-refractivity contribution in [1.29, 1.82) is 0 Å². The molecule has 0 spiro atoms. The molecule has 0 amide bonds. The summed E-state index contributed by atoms with van der Waals surface area (Å²) in [6, 6.07) is -0.718. The first-order valence-corrected chi connectivity index (χ1v) is 3.56. The van der Waals surface area contributed by atoms with Gasteiger partial charge in [-0.1, -0.05) is 0 Å². The van der Waals surface area contributed by atoms with E-state index in [1.165, 1.54) is 7.11 Å². The first-order chi connectivity index (χ1) is 4.57. The third kappa shape index (κ3) is 6.69. The third-order valence-electron chi connectivity index (χ3n) is 0.936. The van der Waals surface area contributed by atoms with Gasteiger partial charge in [-0.25, -0.2) is 0 Å². The van der Waals surface area contributed by atoms with E-state index in [-0.39, 0.29) is 18.8 Å². The largest absolute Gasteiger partial charge is 0.468 e. The maximum Gasteiger partial charge on any atom is 0.322 e. The highest BCUT2D eigenvalue weighted by Crippen LogP contribution is 2.09. The lowest BCUT2D eigenvalue weighted by Gasteiger charge is -2.08. The van der Waals surface area contributed by atoms with Gasteiger partial charge in [0.2, 0.25) is 0 Å². The normalized spacial score (nSPS) is 12.1. The van der Waals surface area contributed by atoms with Crippen molar-refractivity contribution < 1.29 is 9.53 Å². The van der Waals surface area contributed by atoms with E-state index in [2.05, 4.69) is 4.74 Å². The van der Waals surface area contributed by atoms with Crippen molar-refractivity contribution in [3.63, 3.8) is 0 Å². The number of carbonyl (C=O) groups is 1. The molecule has 0 saturated heterocycles. The highest BCUT2D eigenvalue weighted by atomic mass is 35.5. The quantitative estimate of drug-likeness (QED) is 0.575. The van der Waals surface area contributed by atoms with Crippen LogP contribution in [0.4, 0.5) is 0 Å². The van der Waals surface area contributed by atoms with Crippen molar-refractivity contribution in [2.24, 2.45) is 5.73 Å². The number of esters is 1. The van der Waals surface area contributed by atoms with Gasteiger partial charge in [-0.15, -0.1) is 35.6 Å². The van der Waals surface area contributed by atoms with E-state index in [0.717, 1.165) is 0 Å². The summed E-state index contributed by atoms with van der Waals surface area (Å²) >= 11 is 10.7. The summed E-state index contributed by atoms with van der Waals surface area (Å²) in [4.78, 5) is 9.97. The van der Waals surface area contributed by atoms with Gasteiger partial charge in [-0.05, 0) is 0 Å². The molecule has 11 heavy (non-hydrogen) atoms. The van der Waals surface area contributed by atoms with Crippen molar-refractivity contribution in [2.75, 3.05) is 7.11 Å². The summed E-state index contributed by atoms with van der Waals surface area (Å²) in [5, 5.41) is 0. The van der Waals surface area contributed by atoms with E-state index in [1.54, 1.807) is 0 Å². The van der Waals surface area contributed by atoms with Gasteiger partial charge >= 0.3 is 5.97 Å². The number of hydrogen-bond donors (Lipinski definition) is 1. The molecule has 3 nitrogen and oxygen atoms in total. The topological polar surface area (TPSA) is 52.3 Å². The fraction of sp³-hybridized carbons (Fsp3) is 0.800. The molecule has 0 fully saturated rings. The minimum absolute atomic E-state index is 0. The SMILES string of the molecule is COC(=O)C(N)CC(Cl)Cl.Cl. The van der Waals surface area contributed by atoms with Gasteiger partial charge in [0, 0.05) is 6.42 Å². The summed E-state index contributed by atoms with van der Waals surface area (Å²) in [6.45, 7) is 0. The smallest absolute Gasteiger partial charge is 0.322 e. The average molecular weight is 222 g/mol. The summed E-state index contributed by atoms with van der Waals surface area (Å²) in [6.07, 6.45) is 0.218. The summed E-state index contributed by atoms with van der Waals surface area (Å²) in [5.74, 6) is -0.494. The Morgan fingerprint density at radius 3 is 2.36 bits per heavy atom. The fourth-order valence-corrected chi connectivity index (χ4v) is 0.823. The Bertz CT molecular complexity index is 120. The summed E-state index contributed by atoms with van der Waals surface area (Å²) in [7, 11) is 1.26. The molecule has 0 heterocycles. The van der Waals surface area contributed by atoms with Crippen molar-refractivity contribution in [2.45, 2.75) is 17.3 Å². The Kier molecular flexibility index (Phi) is 8.79. The van der Waals surface area contributed by atoms with Crippen molar-refractivity contribution in [3.05, 3.63) is 0 Å². The Balaban J connectivity index is 0. The zero-order valence-electron chi connectivity index (χ0n) is 5.92. The summed E-state index contributed by atoms with van der Waals surface area (Å²) < 4.78 is 4.33. The molecule has 0 aliphatic rings. The number of carbonyl (C=O) groups excluding carboxylic acids is 1. The molecule has 2 N–H and O–H groups in total. The number of nitrogens with two attached hydrogens (primary N) is 1. The Hall–Kier alpha value is 0.300. The van der Waals surface area contributed by atoms with Crippen molar-refractivity contribution >= 4 is 41.6 Å². The van der Waals surface area contributed by atoms with Gasteiger partial charge in [0.05, 0.1) is 7.11 Å². The molecule has 0 saturated carbocycles. The first kappa shape index (κ1) is 13.9. The molecule has 6 heteroatoms. The number of halogens is 3. The molecule has 0 radical (unpaired) electrons. The van der Waals surface area contributed by atoms with Crippen LogP contribution in [-0.2, 0) is 9.53 Å². The highest BCUT2D eigenvalue weighted by Gasteiger charge is 2.16. The summed E-state index contributed by atoms with van der Waals surface area (Å²) in [5.41, 5.74) is 5.29. The molecule has 0 aromatic rings. The lowest BCUT2D eigenvalue weighted by Crippen LogP contribution is -2.32. The van der Waals surface area contributed by atoms with Crippen LogP contribution in [0, 0.1) is 0 Å². The molecule has 0 aromatic heterocycles. The minimum Gasteiger partial charge on any atom is -0.468 e. The second-order valence-electron chi connectivity index (χ2n) is 1.76. The number of alkyl halides is 2. The van der Waals surface area contributed by atoms with Crippen LogP contribution >= 0.6 is 35.6 Å². The lowest BCUT2D eigenvalue weighted by atomic mass is 10.2. The predicted molar refractivity (Wildman–Crippen MR) is 47.4 cm³/mol. The van der Waals surface area contributed by atoms with Crippen LogP contribution in [0.25, 0.3) is 0 Å². The first-order valence-electron chi connectivity index (χ1n) is 2.69. The van der Waals surface area contributed by atoms with Crippen molar-refractivity contribution in [1.82, 2.24) is 0 Å². The number of hydrogen-bond acceptors (Lipinski definition) is 3. The van der Waals surface area contributed by atoms with Crippen LogP contribution in [0.5, 0.6) is 0 Å². The fourth-order valence-electron chi connectivity index (χ4n) is 0.440. The molecule has 0 aliphatic carbocycles. The van der Waals surface area contributed by atoms with E-state index in [0.29, 0.717) is 0 Å². The van der Waals surface area contributed by atoms with Gasteiger partial charge in [0.25, 0.3) is 0 Å². The Morgan fingerprint density at radius 1 is 1.64 bits per heavy atom. The van der Waals surface area contributed by atoms with Gasteiger partial charge in [0.1, 0.15) is 10.9 Å². The minimum atomic E-state index is -0.718. The van der Waals surface area contributed by atoms with E-state index in [4.69, 9.17) is 28.9 Å². The molecule has 0 rings (SSSR count). The van der Waals surface area contributed by atoms with E-state index in [1.807, 2.05) is 0 Å². The maximum absolute atomic E-state index is 10.6. The van der Waals surface area contributed by atoms with Gasteiger partial charge in [-0.2, -0.15) is 0 Å². The highest BCUT2D eigenvalue weighted by molar-refractivity contribution is 6.44. The van der Waals surface area contributed by atoms with E-state index >= 15 is 0 Å². The second kappa shape index (κ2) is 6.98. The second-order valence-corrected chi connectivity index (χ2v) is 3.03. The zero-order valence-corrected chi connectivity index (χ0v) is 8.25. The molecule has 1 unspecified atom stereocenters. The van der Waals surface area contributed by atoms with Crippen LogP contribution in [0.3, 0.4) is 0 Å². The van der Waals surface area contributed by atoms with Crippen molar-refractivity contribution in [3.8, 4) is 0 Å². The lowest BCUT2D eigenvalue weighted by molar-refractivity contribution is -0.142. The standard InChI is InChI=1S/C5H9Cl2NO2.ClH/c1-10-5(9)3(8)2-4(6)7;/h3-4H,2,8H2,1H3;1H. The molecule has 0 aromatic carbocycles. The predicted octanol–water partition coefficient (Wildman–Crippen LogP) is 1.10. The molecule has 1 atom stereocenters. The molecule has 0 aliphatic heterocycles. The maximum atomic E-state index is 10.6. The van der Waals surface area contributed by atoms with Gasteiger partial charge in [0.15, 0.2) is 0 Å². The number of methoxy groups -OCH3 is 1. The van der Waals surface area contributed by atoms with Crippen LogP contribution < -0.4 is 5.73 Å². The van der Waals surface area contributed by atoms with Gasteiger partial charge in [-0.3, -0.25) is 4.79 Å². The van der Waals surface area contributed by atoms with Crippen LogP contribution in [0.15, 0.2) is 0 Å². The monoisotopic (exact) mass is 221 g/mol. The van der Waals surface area contributed by atoms with E-state index in [9.17, 15) is 4.79 Å². The zero-order chi connectivity index (χ0) is 8.15. The number of ether oxygens (including phenoxy) is 1. The molecule has 0 bridgehead atoms. The molecular weight excluding hydrogens is 212 g/mol. The van der Waals surface area contributed by atoms with Crippen LogP contribution in [0.2, 0.25) is 0 Å². The van der Waals surface area contributed by atoms with E-state index < -0.39 is 16.8 Å². The van der Waals surface area contributed by atoms with Crippen LogP contribution in [-0.4, -0.2) is 24.0 Å². The van der Waals surface area contributed by atoms with Gasteiger partial charge < -0.3 is 10.5 Å². The third-order valence-corrected chi connectivity index (χ3v) is 1.29. The average Bonchev–Trinajstić information content (AvgIpc) is 1.85. The molecule has 68 valence electrons. The molecular formula is C5H10Cl3NO2.